The smallest absolute Gasteiger partial charge is 0.205 e. The van der Waals surface area contributed by atoms with Crippen molar-refractivity contribution >= 4 is 22.6 Å². The van der Waals surface area contributed by atoms with Crippen molar-refractivity contribution in [2.75, 3.05) is 51.8 Å². The molecule has 146 valence electrons. The fourth-order valence-electron chi connectivity index (χ4n) is 3.07. The Labute approximate surface area is 165 Å². The van der Waals surface area contributed by atoms with Crippen molar-refractivity contribution < 1.29 is 4.74 Å². The van der Waals surface area contributed by atoms with Gasteiger partial charge in [-0.15, -0.1) is 0 Å². The predicted molar refractivity (Wildman–Crippen MR) is 111 cm³/mol. The summed E-state index contributed by atoms with van der Waals surface area (Å²) in [5, 5.41) is 4.52. The maximum Gasteiger partial charge on any atom is 0.205 e. The van der Waals surface area contributed by atoms with Gasteiger partial charge in [-0.3, -0.25) is 4.99 Å². The lowest BCUT2D eigenvalue weighted by molar-refractivity contribution is 0.372. The number of aliphatic imine (C=N–C) groups is 1. The number of nitrogens with zero attached hydrogens (tertiary/aromatic N) is 5. The van der Waals surface area contributed by atoms with E-state index in [1.54, 1.807) is 7.11 Å². The van der Waals surface area contributed by atoms with Gasteiger partial charge in [0.15, 0.2) is 5.96 Å². The van der Waals surface area contributed by atoms with Gasteiger partial charge < -0.3 is 19.9 Å². The van der Waals surface area contributed by atoms with Crippen molar-refractivity contribution in [1.82, 2.24) is 19.6 Å². The molecule has 1 aliphatic rings. The number of rotatable bonds is 6. The van der Waals surface area contributed by atoms with Crippen LogP contribution < -0.4 is 15.0 Å². The van der Waals surface area contributed by atoms with Crippen molar-refractivity contribution in [1.29, 1.82) is 0 Å². The first-order chi connectivity index (χ1) is 13.2. The first-order valence-corrected chi connectivity index (χ1v) is 10.2. The van der Waals surface area contributed by atoms with Gasteiger partial charge in [-0.25, -0.2) is 4.98 Å². The highest BCUT2D eigenvalue weighted by molar-refractivity contribution is 7.09. The van der Waals surface area contributed by atoms with Gasteiger partial charge in [0.2, 0.25) is 5.13 Å². The number of benzene rings is 1. The first-order valence-electron chi connectivity index (χ1n) is 9.39. The summed E-state index contributed by atoms with van der Waals surface area (Å²) in [4.78, 5) is 13.7. The van der Waals surface area contributed by atoms with Gasteiger partial charge in [0.25, 0.3) is 0 Å². The molecule has 0 aliphatic carbocycles. The molecular weight excluding hydrogens is 360 g/mol. The first kappa shape index (κ1) is 19.4. The standard InChI is InChI=1S/C19H28N6OS/c1-4-17-22-19(27-23-17)25-13-11-24(12-14-25)18(20-2)21-10-9-15-5-7-16(26-3)8-6-15/h5-8H,4,9-14H2,1-3H3,(H,20,21). The monoisotopic (exact) mass is 388 g/mol. The minimum Gasteiger partial charge on any atom is -0.497 e. The number of aryl methyl sites for hydroxylation is 1. The molecule has 0 bridgehead atoms. The molecule has 27 heavy (non-hydrogen) atoms. The summed E-state index contributed by atoms with van der Waals surface area (Å²) in [6.45, 7) is 6.70. The summed E-state index contributed by atoms with van der Waals surface area (Å²) in [5.74, 6) is 2.80. The third-order valence-electron chi connectivity index (χ3n) is 4.69. The molecule has 2 heterocycles. The number of methoxy groups -OCH3 is 1. The molecule has 0 amide bonds. The van der Waals surface area contributed by atoms with E-state index in [1.165, 1.54) is 17.1 Å². The molecular formula is C19H28N6OS. The SMILES string of the molecule is CCc1nsc(N2CCN(C(=NC)NCCc3ccc(OC)cc3)CC2)n1. The van der Waals surface area contributed by atoms with Gasteiger partial charge in [0.1, 0.15) is 11.6 Å². The highest BCUT2D eigenvalue weighted by atomic mass is 32.1. The topological polar surface area (TPSA) is 65.9 Å². The zero-order valence-corrected chi connectivity index (χ0v) is 17.1. The summed E-state index contributed by atoms with van der Waals surface area (Å²) in [6.07, 6.45) is 1.84. The number of guanidine groups is 1. The van der Waals surface area contributed by atoms with Gasteiger partial charge in [0.05, 0.1) is 7.11 Å². The third-order valence-corrected chi connectivity index (χ3v) is 5.51. The lowest BCUT2D eigenvalue weighted by atomic mass is 10.1. The van der Waals surface area contributed by atoms with Crippen LogP contribution in [0.2, 0.25) is 0 Å². The van der Waals surface area contributed by atoms with E-state index in [0.717, 1.165) is 68.2 Å². The van der Waals surface area contributed by atoms with E-state index in [0.29, 0.717) is 0 Å². The molecule has 7 nitrogen and oxygen atoms in total. The van der Waals surface area contributed by atoms with E-state index in [2.05, 4.69) is 48.5 Å². The zero-order valence-electron chi connectivity index (χ0n) is 16.3. The molecule has 0 spiro atoms. The Morgan fingerprint density at radius 2 is 1.96 bits per heavy atom. The normalized spacial score (nSPS) is 15.1. The summed E-state index contributed by atoms with van der Waals surface area (Å²) >= 11 is 1.50. The molecule has 1 fully saturated rings. The van der Waals surface area contributed by atoms with Crippen LogP contribution in [-0.4, -0.2) is 67.1 Å². The molecule has 3 rings (SSSR count). The average Bonchev–Trinajstić information content (AvgIpc) is 3.21. The molecule has 1 N–H and O–H groups in total. The average molecular weight is 389 g/mol. The lowest BCUT2D eigenvalue weighted by Crippen LogP contribution is -2.52. The van der Waals surface area contributed by atoms with Crippen LogP contribution in [0.15, 0.2) is 29.3 Å². The summed E-state index contributed by atoms with van der Waals surface area (Å²) < 4.78 is 9.60. The second-order valence-corrected chi connectivity index (χ2v) is 7.12. The van der Waals surface area contributed by atoms with E-state index < -0.39 is 0 Å². The van der Waals surface area contributed by atoms with Crippen molar-refractivity contribution in [2.45, 2.75) is 19.8 Å². The second kappa shape index (κ2) is 9.55. The minimum atomic E-state index is 0.857. The highest BCUT2D eigenvalue weighted by Crippen LogP contribution is 2.19. The van der Waals surface area contributed by atoms with Crippen LogP contribution in [0.1, 0.15) is 18.3 Å². The molecule has 8 heteroatoms. The Morgan fingerprint density at radius 1 is 1.22 bits per heavy atom. The van der Waals surface area contributed by atoms with Crippen LogP contribution >= 0.6 is 11.5 Å². The summed E-state index contributed by atoms with van der Waals surface area (Å²) in [7, 11) is 3.54. The van der Waals surface area contributed by atoms with Crippen LogP contribution in [0.4, 0.5) is 5.13 Å². The minimum absolute atomic E-state index is 0.857. The van der Waals surface area contributed by atoms with Crippen LogP contribution in [0.5, 0.6) is 5.75 Å². The van der Waals surface area contributed by atoms with Gasteiger partial charge in [-0.2, -0.15) is 4.37 Å². The molecule has 2 aromatic rings. The van der Waals surface area contributed by atoms with Crippen molar-refractivity contribution in [3.63, 3.8) is 0 Å². The van der Waals surface area contributed by atoms with E-state index in [-0.39, 0.29) is 0 Å². The van der Waals surface area contributed by atoms with Crippen LogP contribution in [0, 0.1) is 0 Å². The number of hydrogen-bond acceptors (Lipinski definition) is 6. The Kier molecular flexibility index (Phi) is 6.86. The van der Waals surface area contributed by atoms with Crippen LogP contribution in [0.3, 0.4) is 0 Å². The highest BCUT2D eigenvalue weighted by Gasteiger charge is 2.21. The van der Waals surface area contributed by atoms with Crippen LogP contribution in [0.25, 0.3) is 0 Å². The summed E-state index contributed by atoms with van der Waals surface area (Å²) in [5.41, 5.74) is 1.28. The number of piperazine rings is 1. The van der Waals surface area contributed by atoms with E-state index in [1.807, 2.05) is 19.2 Å². The molecule has 1 aromatic carbocycles. The van der Waals surface area contributed by atoms with Crippen LogP contribution in [-0.2, 0) is 12.8 Å². The predicted octanol–water partition coefficient (Wildman–Crippen LogP) is 2.05. The fourth-order valence-corrected chi connectivity index (χ4v) is 3.87. The maximum absolute atomic E-state index is 5.20. The zero-order chi connectivity index (χ0) is 19.1. The Morgan fingerprint density at radius 3 is 2.56 bits per heavy atom. The van der Waals surface area contributed by atoms with Gasteiger partial charge >= 0.3 is 0 Å². The molecule has 1 aromatic heterocycles. The largest absolute Gasteiger partial charge is 0.497 e. The van der Waals surface area contributed by atoms with Gasteiger partial charge in [0, 0.05) is 57.7 Å². The molecule has 0 saturated carbocycles. The summed E-state index contributed by atoms with van der Waals surface area (Å²) in [6, 6.07) is 8.21. The molecule has 0 atom stereocenters. The number of anilines is 1. The third kappa shape index (κ3) is 5.09. The van der Waals surface area contributed by atoms with Crippen molar-refractivity contribution in [3.05, 3.63) is 35.7 Å². The van der Waals surface area contributed by atoms with Crippen molar-refractivity contribution in [3.8, 4) is 5.75 Å². The van der Waals surface area contributed by atoms with Gasteiger partial charge in [-0.1, -0.05) is 19.1 Å². The Bertz CT molecular complexity index is 737. The molecule has 1 aliphatic heterocycles. The number of aromatic nitrogens is 2. The van der Waals surface area contributed by atoms with Gasteiger partial charge in [-0.05, 0) is 24.1 Å². The van der Waals surface area contributed by atoms with E-state index in [4.69, 9.17) is 4.74 Å². The van der Waals surface area contributed by atoms with E-state index >= 15 is 0 Å². The second-order valence-electron chi connectivity index (χ2n) is 6.39. The fraction of sp³-hybridized carbons (Fsp3) is 0.526. The molecule has 0 unspecified atom stereocenters. The molecule has 0 radical (unpaired) electrons. The Balaban J connectivity index is 1.45. The maximum atomic E-state index is 5.20. The van der Waals surface area contributed by atoms with Crippen molar-refractivity contribution in [2.24, 2.45) is 4.99 Å². The number of ether oxygens (including phenoxy) is 1. The molecule has 1 saturated heterocycles. The lowest BCUT2D eigenvalue weighted by Gasteiger charge is -2.36. The number of hydrogen-bond donors (Lipinski definition) is 1. The Hall–Kier alpha value is -2.35. The quantitative estimate of drug-likeness (QED) is 0.604. The van der Waals surface area contributed by atoms with E-state index in [9.17, 15) is 0 Å². The number of nitrogens with one attached hydrogen (secondary N) is 1.